The van der Waals surface area contributed by atoms with E-state index in [0.717, 1.165) is 12.1 Å². The maximum Gasteiger partial charge on any atom is 0.185 e. The van der Waals surface area contributed by atoms with Crippen molar-refractivity contribution in [2.75, 3.05) is 5.32 Å². The molecule has 0 spiro atoms. The van der Waals surface area contributed by atoms with Gasteiger partial charge in [0.1, 0.15) is 0 Å². The number of halogens is 1. The van der Waals surface area contributed by atoms with E-state index >= 15 is 0 Å². The first-order valence-electron chi connectivity index (χ1n) is 5.88. The molecule has 2 aromatic carbocycles. The molecular weight excluding hydrogens is 246 g/mol. The first kappa shape index (κ1) is 11.3. The zero-order valence-corrected chi connectivity index (χ0v) is 10.4. The van der Waals surface area contributed by atoms with E-state index in [2.05, 4.69) is 11.4 Å². The van der Waals surface area contributed by atoms with Crippen molar-refractivity contribution in [2.45, 2.75) is 12.5 Å². The van der Waals surface area contributed by atoms with Gasteiger partial charge in [-0.1, -0.05) is 29.8 Å². The number of hydrogen-bond acceptors (Lipinski definition) is 2. The third-order valence-corrected chi connectivity index (χ3v) is 3.47. The second kappa shape index (κ2) is 4.46. The van der Waals surface area contributed by atoms with Crippen LogP contribution in [0.15, 0.2) is 48.5 Å². The third-order valence-electron chi connectivity index (χ3n) is 3.22. The van der Waals surface area contributed by atoms with E-state index in [1.54, 1.807) is 24.3 Å². The number of benzene rings is 2. The lowest BCUT2D eigenvalue weighted by molar-refractivity contribution is 0.0971. The number of nitrogens with one attached hydrogen (secondary N) is 1. The van der Waals surface area contributed by atoms with Crippen LogP contribution in [0.1, 0.15) is 15.9 Å². The van der Waals surface area contributed by atoms with Gasteiger partial charge in [-0.05, 0) is 35.9 Å². The van der Waals surface area contributed by atoms with Gasteiger partial charge in [-0.2, -0.15) is 0 Å². The molecule has 90 valence electrons. The van der Waals surface area contributed by atoms with Gasteiger partial charge in [0.25, 0.3) is 0 Å². The van der Waals surface area contributed by atoms with Crippen LogP contribution in [0.5, 0.6) is 0 Å². The number of ketones is 1. The summed E-state index contributed by atoms with van der Waals surface area (Å²) in [5.41, 5.74) is 2.96. The summed E-state index contributed by atoms with van der Waals surface area (Å²) < 4.78 is 0. The molecule has 1 aliphatic heterocycles. The number of rotatable bonds is 2. The Balaban J connectivity index is 1.82. The van der Waals surface area contributed by atoms with Crippen molar-refractivity contribution in [3.63, 3.8) is 0 Å². The Kier molecular flexibility index (Phi) is 2.80. The fourth-order valence-corrected chi connectivity index (χ4v) is 2.40. The van der Waals surface area contributed by atoms with Crippen LogP contribution >= 0.6 is 11.6 Å². The highest BCUT2D eigenvalue weighted by Gasteiger charge is 2.26. The van der Waals surface area contributed by atoms with Crippen LogP contribution in [0, 0.1) is 0 Å². The van der Waals surface area contributed by atoms with Gasteiger partial charge < -0.3 is 5.32 Å². The quantitative estimate of drug-likeness (QED) is 0.834. The molecule has 0 aromatic heterocycles. The molecule has 0 bridgehead atoms. The fourth-order valence-electron chi connectivity index (χ4n) is 2.27. The molecule has 1 atom stereocenters. The maximum atomic E-state index is 12.3. The molecule has 1 heterocycles. The number of anilines is 1. The normalized spacial score (nSPS) is 17.1. The monoisotopic (exact) mass is 257 g/mol. The molecular formula is C15H12ClNO. The maximum absolute atomic E-state index is 12.3. The first-order chi connectivity index (χ1) is 8.74. The molecule has 0 fully saturated rings. The molecule has 0 amide bonds. The highest BCUT2D eigenvalue weighted by atomic mass is 35.5. The fraction of sp³-hybridized carbons (Fsp3) is 0.133. The van der Waals surface area contributed by atoms with Crippen molar-refractivity contribution < 1.29 is 4.79 Å². The lowest BCUT2D eigenvalue weighted by atomic mass is 10.0. The average molecular weight is 258 g/mol. The van der Waals surface area contributed by atoms with Gasteiger partial charge in [0.05, 0.1) is 6.04 Å². The van der Waals surface area contributed by atoms with E-state index in [9.17, 15) is 4.79 Å². The van der Waals surface area contributed by atoms with Gasteiger partial charge in [-0.3, -0.25) is 4.79 Å². The minimum Gasteiger partial charge on any atom is -0.374 e. The number of Topliss-reactive ketones (excluding diaryl/α,β-unsaturated/α-hetero) is 1. The van der Waals surface area contributed by atoms with E-state index in [-0.39, 0.29) is 11.8 Å². The van der Waals surface area contributed by atoms with Gasteiger partial charge in [-0.15, -0.1) is 0 Å². The third kappa shape index (κ3) is 2.00. The SMILES string of the molecule is O=C(c1ccc(Cl)cc1)C1Cc2ccccc2N1. The highest BCUT2D eigenvalue weighted by molar-refractivity contribution is 6.30. The van der Waals surface area contributed by atoms with Gasteiger partial charge in [0.2, 0.25) is 0 Å². The Morgan fingerprint density at radius 3 is 2.56 bits per heavy atom. The van der Waals surface area contributed by atoms with Gasteiger partial charge in [0.15, 0.2) is 5.78 Å². The molecule has 1 aliphatic rings. The number of hydrogen-bond donors (Lipinski definition) is 1. The number of fused-ring (bicyclic) bond motifs is 1. The summed E-state index contributed by atoms with van der Waals surface area (Å²) in [7, 11) is 0. The molecule has 2 nitrogen and oxygen atoms in total. The van der Waals surface area contributed by atoms with Crippen LogP contribution in [0.25, 0.3) is 0 Å². The van der Waals surface area contributed by atoms with E-state index < -0.39 is 0 Å². The minimum absolute atomic E-state index is 0.114. The number of carbonyl (C=O) groups excluding carboxylic acids is 1. The predicted octanol–water partition coefficient (Wildman–Crippen LogP) is 3.56. The minimum atomic E-state index is -0.163. The van der Waals surface area contributed by atoms with E-state index in [1.807, 2.05) is 18.2 Å². The van der Waals surface area contributed by atoms with Crippen molar-refractivity contribution >= 4 is 23.1 Å². The molecule has 1 unspecified atom stereocenters. The molecule has 3 heteroatoms. The molecule has 2 aromatic rings. The second-order valence-electron chi connectivity index (χ2n) is 4.43. The standard InChI is InChI=1S/C15H12ClNO/c16-12-7-5-10(6-8-12)15(18)14-9-11-3-1-2-4-13(11)17-14/h1-8,14,17H,9H2. The Labute approximate surface area is 111 Å². The van der Waals surface area contributed by atoms with Crippen LogP contribution in [0.3, 0.4) is 0 Å². The Hall–Kier alpha value is -1.80. The topological polar surface area (TPSA) is 29.1 Å². The van der Waals surface area contributed by atoms with Crippen molar-refractivity contribution in [1.29, 1.82) is 0 Å². The second-order valence-corrected chi connectivity index (χ2v) is 4.87. The summed E-state index contributed by atoms with van der Waals surface area (Å²) in [6.45, 7) is 0. The molecule has 18 heavy (non-hydrogen) atoms. The van der Waals surface area contributed by atoms with Crippen LogP contribution in [-0.2, 0) is 6.42 Å². The largest absolute Gasteiger partial charge is 0.374 e. The Morgan fingerprint density at radius 2 is 1.83 bits per heavy atom. The van der Waals surface area contributed by atoms with Gasteiger partial charge in [-0.25, -0.2) is 0 Å². The van der Waals surface area contributed by atoms with Gasteiger partial charge in [0, 0.05) is 22.7 Å². The lowest BCUT2D eigenvalue weighted by Crippen LogP contribution is -2.26. The van der Waals surface area contributed by atoms with E-state index in [0.29, 0.717) is 10.6 Å². The summed E-state index contributed by atoms with van der Waals surface area (Å²) >= 11 is 5.82. The van der Waals surface area contributed by atoms with E-state index in [1.165, 1.54) is 5.56 Å². The molecule has 0 aliphatic carbocycles. The van der Waals surface area contributed by atoms with E-state index in [4.69, 9.17) is 11.6 Å². The Bertz CT molecular complexity index is 567. The number of carbonyl (C=O) groups is 1. The summed E-state index contributed by atoms with van der Waals surface area (Å²) in [5, 5.41) is 3.91. The Morgan fingerprint density at radius 1 is 1.11 bits per heavy atom. The zero-order chi connectivity index (χ0) is 12.5. The number of para-hydroxylation sites is 1. The first-order valence-corrected chi connectivity index (χ1v) is 6.26. The summed E-state index contributed by atoms with van der Waals surface area (Å²) in [6.07, 6.45) is 0.748. The van der Waals surface area contributed by atoms with Crippen LogP contribution in [-0.4, -0.2) is 11.8 Å². The summed E-state index contributed by atoms with van der Waals surface area (Å²) in [6, 6.07) is 14.9. The predicted molar refractivity (Wildman–Crippen MR) is 73.3 cm³/mol. The summed E-state index contributed by atoms with van der Waals surface area (Å²) in [5.74, 6) is 0.114. The molecule has 3 rings (SSSR count). The zero-order valence-electron chi connectivity index (χ0n) is 9.69. The van der Waals surface area contributed by atoms with Crippen molar-refractivity contribution in [3.8, 4) is 0 Å². The van der Waals surface area contributed by atoms with Crippen LogP contribution in [0.2, 0.25) is 5.02 Å². The molecule has 0 saturated heterocycles. The highest BCUT2D eigenvalue weighted by Crippen LogP contribution is 2.27. The van der Waals surface area contributed by atoms with Crippen molar-refractivity contribution in [3.05, 3.63) is 64.7 Å². The van der Waals surface area contributed by atoms with Crippen LogP contribution < -0.4 is 5.32 Å². The smallest absolute Gasteiger partial charge is 0.185 e. The van der Waals surface area contributed by atoms with Crippen LogP contribution in [0.4, 0.5) is 5.69 Å². The van der Waals surface area contributed by atoms with Crippen molar-refractivity contribution in [1.82, 2.24) is 0 Å². The molecule has 0 radical (unpaired) electrons. The summed E-state index contributed by atoms with van der Waals surface area (Å²) in [4.78, 5) is 12.3. The van der Waals surface area contributed by atoms with Gasteiger partial charge >= 0.3 is 0 Å². The lowest BCUT2D eigenvalue weighted by Gasteiger charge is -2.10. The molecule has 1 N–H and O–H groups in total. The molecule has 0 saturated carbocycles. The van der Waals surface area contributed by atoms with Crippen molar-refractivity contribution in [2.24, 2.45) is 0 Å². The average Bonchev–Trinajstić information content (AvgIpc) is 2.82.